The molecule has 4 heterocycles. The Morgan fingerprint density at radius 1 is 1.08 bits per heavy atom. The molecule has 1 aliphatic rings. The molecule has 0 aliphatic carbocycles. The number of hydrogen-bond donors (Lipinski definition) is 1. The molecule has 0 radical (unpaired) electrons. The average molecular weight is 366 g/mol. The molecule has 0 spiro atoms. The smallest absolute Gasteiger partial charge is 0.221 e. The highest BCUT2D eigenvalue weighted by Crippen LogP contribution is 2.24. The van der Waals surface area contributed by atoms with Crippen molar-refractivity contribution in [3.63, 3.8) is 0 Å². The SMILES string of the molecule is Cc1c(Cl)cc(Cl)c2nc(CCc3n[nH]c(N4CCCC4)n3)nn12. The van der Waals surface area contributed by atoms with Crippen molar-refractivity contribution in [1.29, 1.82) is 0 Å². The maximum absolute atomic E-state index is 6.20. The second-order valence-electron chi connectivity index (χ2n) is 5.96. The number of pyridine rings is 1. The highest BCUT2D eigenvalue weighted by molar-refractivity contribution is 6.36. The summed E-state index contributed by atoms with van der Waals surface area (Å²) in [6.45, 7) is 3.98. The first-order chi connectivity index (χ1) is 11.6. The zero-order valence-electron chi connectivity index (χ0n) is 13.3. The van der Waals surface area contributed by atoms with Gasteiger partial charge >= 0.3 is 0 Å². The maximum atomic E-state index is 6.20. The summed E-state index contributed by atoms with van der Waals surface area (Å²) in [5.74, 6) is 2.34. The number of aromatic amines is 1. The molecule has 3 aromatic rings. The van der Waals surface area contributed by atoms with E-state index in [2.05, 4.69) is 30.2 Å². The van der Waals surface area contributed by atoms with Crippen LogP contribution in [0.4, 0.5) is 5.95 Å². The molecule has 1 N–H and O–H groups in total. The summed E-state index contributed by atoms with van der Waals surface area (Å²) in [5, 5.41) is 12.9. The third-order valence-corrected chi connectivity index (χ3v) is 4.94. The molecule has 4 rings (SSSR count). The molecule has 0 saturated carbocycles. The van der Waals surface area contributed by atoms with Crippen LogP contribution in [0.25, 0.3) is 5.65 Å². The predicted molar refractivity (Wildman–Crippen MR) is 93.0 cm³/mol. The Balaban J connectivity index is 1.51. The first-order valence-electron chi connectivity index (χ1n) is 7.98. The van der Waals surface area contributed by atoms with Gasteiger partial charge in [-0.3, -0.25) is 0 Å². The van der Waals surface area contributed by atoms with Crippen molar-refractivity contribution in [1.82, 2.24) is 29.8 Å². The number of fused-ring (bicyclic) bond motifs is 1. The number of anilines is 1. The van der Waals surface area contributed by atoms with Gasteiger partial charge in [-0.1, -0.05) is 23.2 Å². The number of halogens is 2. The van der Waals surface area contributed by atoms with E-state index < -0.39 is 0 Å². The fourth-order valence-electron chi connectivity index (χ4n) is 2.92. The van der Waals surface area contributed by atoms with E-state index in [0.29, 0.717) is 34.4 Å². The lowest BCUT2D eigenvalue weighted by molar-refractivity contribution is 0.792. The van der Waals surface area contributed by atoms with E-state index in [9.17, 15) is 0 Å². The molecule has 1 saturated heterocycles. The molecule has 1 fully saturated rings. The van der Waals surface area contributed by atoms with E-state index in [1.165, 1.54) is 12.8 Å². The summed E-state index contributed by atoms with van der Waals surface area (Å²) in [7, 11) is 0. The van der Waals surface area contributed by atoms with Crippen molar-refractivity contribution < 1.29 is 0 Å². The Morgan fingerprint density at radius 2 is 1.83 bits per heavy atom. The predicted octanol–water partition coefficient (Wildman–Crippen LogP) is 2.85. The molecule has 7 nitrogen and oxygen atoms in total. The van der Waals surface area contributed by atoms with Gasteiger partial charge in [0.1, 0.15) is 0 Å². The molecule has 0 amide bonds. The van der Waals surface area contributed by atoms with Crippen LogP contribution in [0.5, 0.6) is 0 Å². The van der Waals surface area contributed by atoms with Crippen molar-refractivity contribution in [2.24, 2.45) is 0 Å². The standard InChI is InChI=1S/C15H17Cl2N7/c1-9-10(16)8-11(17)14-18-13(22-24(9)14)5-4-12-19-15(21-20-12)23-6-2-3-7-23/h8H,2-7H2,1H3,(H,19,20,21). The molecule has 0 atom stereocenters. The van der Waals surface area contributed by atoms with Crippen LogP contribution >= 0.6 is 23.2 Å². The van der Waals surface area contributed by atoms with Crippen LogP contribution in [0.3, 0.4) is 0 Å². The number of H-pyrrole nitrogens is 1. The molecule has 3 aromatic heterocycles. The van der Waals surface area contributed by atoms with E-state index in [0.717, 1.165) is 30.6 Å². The normalized spacial score (nSPS) is 14.9. The van der Waals surface area contributed by atoms with Crippen LogP contribution in [0, 0.1) is 6.92 Å². The second-order valence-corrected chi connectivity index (χ2v) is 6.77. The summed E-state index contributed by atoms with van der Waals surface area (Å²) in [4.78, 5) is 11.3. The summed E-state index contributed by atoms with van der Waals surface area (Å²) in [6.07, 6.45) is 3.74. The summed E-state index contributed by atoms with van der Waals surface area (Å²) >= 11 is 12.3. The van der Waals surface area contributed by atoms with Gasteiger partial charge in [-0.25, -0.2) is 14.6 Å². The first-order valence-corrected chi connectivity index (χ1v) is 8.74. The van der Waals surface area contributed by atoms with Gasteiger partial charge in [-0.15, -0.1) is 0 Å². The minimum absolute atomic E-state index is 0.499. The topological polar surface area (TPSA) is 75.0 Å². The monoisotopic (exact) mass is 365 g/mol. The number of nitrogens with one attached hydrogen (secondary N) is 1. The molecule has 9 heteroatoms. The van der Waals surface area contributed by atoms with E-state index in [-0.39, 0.29) is 0 Å². The van der Waals surface area contributed by atoms with Gasteiger partial charge < -0.3 is 4.90 Å². The summed E-state index contributed by atoms with van der Waals surface area (Å²) < 4.78 is 1.69. The van der Waals surface area contributed by atoms with Gasteiger partial charge in [0.2, 0.25) is 5.95 Å². The minimum Gasteiger partial charge on any atom is -0.341 e. The van der Waals surface area contributed by atoms with Gasteiger partial charge in [0, 0.05) is 25.9 Å². The number of rotatable bonds is 4. The van der Waals surface area contributed by atoms with Crippen molar-refractivity contribution in [2.45, 2.75) is 32.6 Å². The van der Waals surface area contributed by atoms with Gasteiger partial charge in [0.15, 0.2) is 17.3 Å². The quantitative estimate of drug-likeness (QED) is 0.769. The second kappa shape index (κ2) is 6.22. The van der Waals surface area contributed by atoms with Crippen LogP contribution < -0.4 is 4.90 Å². The van der Waals surface area contributed by atoms with Crippen molar-refractivity contribution in [3.8, 4) is 0 Å². The zero-order valence-corrected chi connectivity index (χ0v) is 14.8. The van der Waals surface area contributed by atoms with E-state index in [1.54, 1.807) is 10.6 Å². The van der Waals surface area contributed by atoms with Crippen LogP contribution in [0.1, 0.15) is 30.2 Å². The first kappa shape index (κ1) is 15.7. The van der Waals surface area contributed by atoms with Crippen molar-refractivity contribution >= 4 is 34.8 Å². The Bertz CT molecular complexity index is 879. The average Bonchev–Trinajstić information content (AvgIpc) is 3.29. The van der Waals surface area contributed by atoms with Crippen LogP contribution in [-0.2, 0) is 12.8 Å². The highest BCUT2D eigenvalue weighted by atomic mass is 35.5. The van der Waals surface area contributed by atoms with Crippen LogP contribution in [0.15, 0.2) is 6.07 Å². The van der Waals surface area contributed by atoms with Crippen LogP contribution in [-0.4, -0.2) is 42.9 Å². The summed E-state index contributed by atoms with van der Waals surface area (Å²) in [5.41, 5.74) is 1.45. The lowest BCUT2D eigenvalue weighted by atomic mass is 10.3. The molecular formula is C15H17Cl2N7. The Morgan fingerprint density at radius 3 is 2.62 bits per heavy atom. The van der Waals surface area contributed by atoms with Gasteiger partial charge in [0.25, 0.3) is 0 Å². The third-order valence-electron chi connectivity index (χ3n) is 4.28. The fraction of sp³-hybridized carbons (Fsp3) is 0.467. The maximum Gasteiger partial charge on any atom is 0.221 e. The van der Waals surface area contributed by atoms with Crippen molar-refractivity contribution in [3.05, 3.63) is 33.5 Å². The Hall–Kier alpha value is -1.86. The zero-order chi connectivity index (χ0) is 16.7. The molecule has 0 bridgehead atoms. The highest BCUT2D eigenvalue weighted by Gasteiger charge is 2.17. The molecular weight excluding hydrogens is 349 g/mol. The molecule has 126 valence electrons. The number of hydrogen-bond acceptors (Lipinski definition) is 5. The molecule has 24 heavy (non-hydrogen) atoms. The lowest BCUT2D eigenvalue weighted by Gasteiger charge is -2.11. The van der Waals surface area contributed by atoms with Crippen LogP contribution in [0.2, 0.25) is 10.0 Å². The fourth-order valence-corrected chi connectivity index (χ4v) is 3.40. The van der Waals surface area contributed by atoms with E-state index in [4.69, 9.17) is 23.2 Å². The number of aryl methyl sites for hydroxylation is 3. The largest absolute Gasteiger partial charge is 0.341 e. The van der Waals surface area contributed by atoms with E-state index >= 15 is 0 Å². The molecule has 0 unspecified atom stereocenters. The number of aromatic nitrogens is 6. The van der Waals surface area contributed by atoms with Gasteiger partial charge in [0.05, 0.1) is 15.7 Å². The van der Waals surface area contributed by atoms with Crippen molar-refractivity contribution in [2.75, 3.05) is 18.0 Å². The molecule has 0 aromatic carbocycles. The molecule has 1 aliphatic heterocycles. The number of nitrogens with zero attached hydrogens (tertiary/aromatic N) is 6. The van der Waals surface area contributed by atoms with Gasteiger partial charge in [-0.05, 0) is 25.8 Å². The van der Waals surface area contributed by atoms with E-state index in [1.807, 2.05) is 6.92 Å². The lowest BCUT2D eigenvalue weighted by Crippen LogP contribution is -2.18. The van der Waals surface area contributed by atoms with Gasteiger partial charge in [-0.2, -0.15) is 15.2 Å². The summed E-state index contributed by atoms with van der Waals surface area (Å²) in [6, 6.07) is 1.70. The third kappa shape index (κ3) is 2.82. The minimum atomic E-state index is 0.499. The Kier molecular flexibility index (Phi) is 4.05. The Labute approximate surface area is 149 Å².